The highest BCUT2D eigenvalue weighted by Crippen LogP contribution is 2.39. The Morgan fingerprint density at radius 1 is 1.26 bits per heavy atom. The second-order valence-electron chi connectivity index (χ2n) is 9.99. The summed E-state index contributed by atoms with van der Waals surface area (Å²) in [6, 6.07) is 12.1. The summed E-state index contributed by atoms with van der Waals surface area (Å²) >= 11 is 6.46. The number of rotatable bonds is 7. The number of phenols is 1. The van der Waals surface area contributed by atoms with E-state index in [2.05, 4.69) is 23.7 Å². The van der Waals surface area contributed by atoms with Crippen molar-refractivity contribution in [3.8, 4) is 16.9 Å². The standard InChI is InChI=1S/C29H34ClFN2O2/c1-5-33-11-7-10-29(4,16-33)17-35-18-32-20(3)22-12-19(2)27(26(31)14-22)24-15-23(34)13-21-8-6-9-25(30)28(21)24/h6,8-9,12-15,34H,5,7,10-11,16-18H2,1-4H3/b32-20-. The van der Waals surface area contributed by atoms with Crippen LogP contribution in [-0.4, -0.2) is 48.7 Å². The molecule has 0 aliphatic carbocycles. The van der Waals surface area contributed by atoms with Gasteiger partial charge in [-0.15, -0.1) is 0 Å². The van der Waals surface area contributed by atoms with Gasteiger partial charge >= 0.3 is 0 Å². The third-order valence-electron chi connectivity index (χ3n) is 7.04. The van der Waals surface area contributed by atoms with E-state index < -0.39 is 0 Å². The van der Waals surface area contributed by atoms with Gasteiger partial charge in [0.2, 0.25) is 0 Å². The quantitative estimate of drug-likeness (QED) is 0.277. The van der Waals surface area contributed by atoms with Crippen LogP contribution in [0.2, 0.25) is 5.02 Å². The lowest BCUT2D eigenvalue weighted by Crippen LogP contribution is -2.43. The highest BCUT2D eigenvalue weighted by atomic mass is 35.5. The van der Waals surface area contributed by atoms with Gasteiger partial charge in [-0.2, -0.15) is 0 Å². The van der Waals surface area contributed by atoms with Gasteiger partial charge in [0.05, 0.1) is 6.61 Å². The monoisotopic (exact) mass is 496 g/mol. The van der Waals surface area contributed by atoms with Crippen molar-refractivity contribution in [2.45, 2.75) is 40.5 Å². The van der Waals surface area contributed by atoms with Gasteiger partial charge in [-0.1, -0.05) is 37.6 Å². The zero-order chi connectivity index (χ0) is 25.2. The van der Waals surface area contributed by atoms with E-state index in [1.165, 1.54) is 12.5 Å². The van der Waals surface area contributed by atoms with E-state index in [1.54, 1.807) is 18.2 Å². The van der Waals surface area contributed by atoms with Gasteiger partial charge < -0.3 is 14.7 Å². The van der Waals surface area contributed by atoms with Crippen LogP contribution in [0.25, 0.3) is 21.9 Å². The van der Waals surface area contributed by atoms with E-state index in [9.17, 15) is 5.11 Å². The number of hydrogen-bond donors (Lipinski definition) is 1. The van der Waals surface area contributed by atoms with Crippen LogP contribution in [0.5, 0.6) is 5.75 Å². The first-order valence-electron chi connectivity index (χ1n) is 12.2. The van der Waals surface area contributed by atoms with E-state index in [0.717, 1.165) is 48.1 Å². The topological polar surface area (TPSA) is 45.1 Å². The van der Waals surface area contributed by atoms with Gasteiger partial charge in [0.15, 0.2) is 0 Å². The fourth-order valence-corrected chi connectivity index (χ4v) is 5.48. The minimum Gasteiger partial charge on any atom is -0.508 e. The van der Waals surface area contributed by atoms with Crippen molar-refractivity contribution < 1.29 is 14.2 Å². The van der Waals surface area contributed by atoms with Crippen molar-refractivity contribution in [3.05, 3.63) is 64.4 Å². The molecule has 186 valence electrons. The molecule has 1 atom stereocenters. The van der Waals surface area contributed by atoms with E-state index >= 15 is 4.39 Å². The molecule has 0 amide bonds. The first kappa shape index (κ1) is 25.6. The minimum absolute atomic E-state index is 0.0706. The Morgan fingerprint density at radius 3 is 2.80 bits per heavy atom. The maximum absolute atomic E-state index is 15.5. The van der Waals surface area contributed by atoms with Crippen molar-refractivity contribution in [2.24, 2.45) is 10.4 Å². The first-order chi connectivity index (χ1) is 16.7. The summed E-state index contributed by atoms with van der Waals surface area (Å²) in [6.07, 6.45) is 2.35. The maximum atomic E-state index is 15.5. The van der Waals surface area contributed by atoms with E-state index in [4.69, 9.17) is 16.3 Å². The van der Waals surface area contributed by atoms with Crippen molar-refractivity contribution in [1.82, 2.24) is 4.90 Å². The lowest BCUT2D eigenvalue weighted by atomic mass is 9.83. The summed E-state index contributed by atoms with van der Waals surface area (Å²) in [6.45, 7) is 12.4. The van der Waals surface area contributed by atoms with Crippen LogP contribution in [0.15, 0.2) is 47.5 Å². The van der Waals surface area contributed by atoms with Crippen LogP contribution in [0, 0.1) is 18.2 Å². The summed E-state index contributed by atoms with van der Waals surface area (Å²) in [5, 5.41) is 12.2. The molecule has 0 saturated carbocycles. The number of aromatic hydroxyl groups is 1. The molecule has 1 unspecified atom stereocenters. The fraction of sp³-hybridized carbons (Fsp3) is 0.414. The van der Waals surface area contributed by atoms with Gasteiger partial charge in [-0.25, -0.2) is 4.39 Å². The lowest BCUT2D eigenvalue weighted by molar-refractivity contribution is 0.00762. The number of halogens is 2. The van der Waals surface area contributed by atoms with Crippen molar-refractivity contribution in [3.63, 3.8) is 0 Å². The molecule has 1 aliphatic rings. The predicted molar refractivity (Wildman–Crippen MR) is 143 cm³/mol. The molecule has 4 rings (SSSR count). The van der Waals surface area contributed by atoms with Crippen LogP contribution < -0.4 is 0 Å². The number of ether oxygens (including phenoxy) is 1. The molecule has 3 aromatic carbocycles. The first-order valence-corrected chi connectivity index (χ1v) is 12.6. The molecule has 1 aliphatic heterocycles. The van der Waals surface area contributed by atoms with Gasteiger partial charge in [-0.3, -0.25) is 4.99 Å². The normalized spacial score (nSPS) is 19.4. The molecular formula is C29H34ClFN2O2. The Balaban J connectivity index is 1.53. The Bertz CT molecular complexity index is 1240. The minimum atomic E-state index is -0.378. The molecule has 1 saturated heterocycles. The van der Waals surface area contributed by atoms with Crippen molar-refractivity contribution in [1.29, 1.82) is 0 Å². The number of aliphatic imine (C=N–C) groups is 1. The molecule has 1 N–H and O–H groups in total. The molecule has 3 aromatic rings. The lowest BCUT2D eigenvalue weighted by Gasteiger charge is -2.39. The number of hydrogen-bond acceptors (Lipinski definition) is 4. The van der Waals surface area contributed by atoms with Gasteiger partial charge in [0, 0.05) is 33.6 Å². The van der Waals surface area contributed by atoms with E-state index in [-0.39, 0.29) is 23.7 Å². The summed E-state index contributed by atoms with van der Waals surface area (Å²) in [5.74, 6) is -0.307. The number of benzene rings is 3. The summed E-state index contributed by atoms with van der Waals surface area (Å²) < 4.78 is 21.4. The number of likely N-dealkylation sites (tertiary alicyclic amines) is 1. The Kier molecular flexibility index (Phi) is 7.80. The SMILES string of the molecule is CCN1CCCC(C)(COC/N=C(/C)c2cc(C)c(-c3cc(O)cc4cccc(Cl)c34)c(F)c2)C1. The molecule has 0 radical (unpaired) electrons. The van der Waals surface area contributed by atoms with E-state index in [0.29, 0.717) is 28.3 Å². The molecule has 1 heterocycles. The molecule has 4 nitrogen and oxygen atoms in total. The summed E-state index contributed by atoms with van der Waals surface area (Å²) in [5.41, 5.74) is 3.33. The molecule has 35 heavy (non-hydrogen) atoms. The average molecular weight is 497 g/mol. The molecular weight excluding hydrogens is 463 g/mol. The molecule has 6 heteroatoms. The van der Waals surface area contributed by atoms with Crippen molar-refractivity contribution >= 4 is 28.1 Å². The van der Waals surface area contributed by atoms with Crippen LogP contribution in [0.1, 0.15) is 44.7 Å². The number of piperidine rings is 1. The number of aryl methyl sites for hydroxylation is 1. The predicted octanol–water partition coefficient (Wildman–Crippen LogP) is 7.22. The summed E-state index contributed by atoms with van der Waals surface area (Å²) in [4.78, 5) is 7.03. The number of phenolic OH excluding ortho intramolecular Hbond substituents is 1. The Labute approximate surface area is 212 Å². The largest absolute Gasteiger partial charge is 0.508 e. The van der Waals surface area contributed by atoms with Gasteiger partial charge in [-0.05, 0) is 92.2 Å². The molecule has 0 aromatic heterocycles. The van der Waals surface area contributed by atoms with E-state index in [1.807, 2.05) is 32.0 Å². The van der Waals surface area contributed by atoms with Crippen LogP contribution >= 0.6 is 11.6 Å². The maximum Gasteiger partial charge on any atom is 0.137 e. The molecule has 0 bridgehead atoms. The Hall–Kier alpha value is -2.47. The smallest absolute Gasteiger partial charge is 0.137 e. The summed E-state index contributed by atoms with van der Waals surface area (Å²) in [7, 11) is 0. The van der Waals surface area contributed by atoms with Crippen LogP contribution in [0.3, 0.4) is 0 Å². The highest BCUT2D eigenvalue weighted by molar-refractivity contribution is 6.36. The number of fused-ring (bicyclic) bond motifs is 1. The zero-order valence-corrected chi connectivity index (χ0v) is 21.8. The van der Waals surface area contributed by atoms with Crippen LogP contribution in [0.4, 0.5) is 4.39 Å². The van der Waals surface area contributed by atoms with Gasteiger partial charge in [0.25, 0.3) is 0 Å². The molecule has 1 fully saturated rings. The van der Waals surface area contributed by atoms with Crippen LogP contribution in [-0.2, 0) is 4.74 Å². The van der Waals surface area contributed by atoms with Crippen molar-refractivity contribution in [2.75, 3.05) is 33.0 Å². The van der Waals surface area contributed by atoms with Gasteiger partial charge in [0.1, 0.15) is 18.3 Å². The highest BCUT2D eigenvalue weighted by Gasteiger charge is 2.30. The molecule has 0 spiro atoms. The third kappa shape index (κ3) is 5.69. The number of nitrogens with zero attached hydrogens (tertiary/aromatic N) is 2. The fourth-order valence-electron chi connectivity index (χ4n) is 5.20. The second-order valence-corrected chi connectivity index (χ2v) is 10.4. The second kappa shape index (κ2) is 10.7. The zero-order valence-electron chi connectivity index (χ0n) is 21.0. The average Bonchev–Trinajstić information content (AvgIpc) is 2.81. The Morgan fingerprint density at radius 2 is 2.06 bits per heavy atom. The third-order valence-corrected chi connectivity index (χ3v) is 7.35.